The lowest BCUT2D eigenvalue weighted by molar-refractivity contribution is 0.683. The van der Waals surface area contributed by atoms with Gasteiger partial charge >= 0.3 is 0 Å². The van der Waals surface area contributed by atoms with Crippen LogP contribution in [0, 0.1) is 6.92 Å². The minimum absolute atomic E-state index is 0.685. The van der Waals surface area contributed by atoms with E-state index in [-0.39, 0.29) is 0 Å². The molecule has 1 nitrogen and oxygen atoms in total. The summed E-state index contributed by atoms with van der Waals surface area (Å²) in [5.41, 5.74) is 7.19. The van der Waals surface area contributed by atoms with Crippen LogP contribution >= 0.6 is 11.6 Å². The zero-order valence-electron chi connectivity index (χ0n) is 14.7. The van der Waals surface area contributed by atoms with E-state index >= 15 is 0 Å². The maximum absolute atomic E-state index is 13.0. The number of hydrogen-bond donors (Lipinski definition) is 0. The summed E-state index contributed by atoms with van der Waals surface area (Å²) in [4.78, 5) is 1.58. The number of allylic oxidation sites excluding steroid dienone is 1. The van der Waals surface area contributed by atoms with E-state index in [2.05, 4.69) is 5.73 Å². The molecule has 0 aliphatic heterocycles. The van der Waals surface area contributed by atoms with Gasteiger partial charge in [-0.2, -0.15) is 0 Å². The van der Waals surface area contributed by atoms with Crippen LogP contribution in [0.5, 0.6) is 0 Å². The van der Waals surface area contributed by atoms with Gasteiger partial charge < -0.3 is 0 Å². The monoisotopic (exact) mass is 378 g/mol. The molecule has 130 valence electrons. The van der Waals surface area contributed by atoms with Crippen LogP contribution in [-0.2, 0) is 10.8 Å². The maximum Gasteiger partial charge on any atom is 0.0856 e. The molecule has 0 aliphatic rings. The predicted octanol–water partition coefficient (Wildman–Crippen LogP) is 6.53. The molecule has 0 saturated carbocycles. The van der Waals surface area contributed by atoms with E-state index in [9.17, 15) is 4.21 Å². The average Bonchev–Trinajstić information content (AvgIpc) is 2.67. The summed E-state index contributed by atoms with van der Waals surface area (Å²) in [7, 11) is -1.24. The second kappa shape index (κ2) is 8.33. The molecular formula is C23H19ClOS. The largest absolute Gasteiger partial charge is 0.249 e. The molecule has 1 unspecified atom stereocenters. The van der Waals surface area contributed by atoms with Crippen LogP contribution in [0.25, 0.3) is 11.6 Å². The highest BCUT2D eigenvalue weighted by atomic mass is 35.5. The molecule has 3 heteroatoms. The molecular weight excluding hydrogens is 360 g/mol. The third kappa shape index (κ3) is 4.23. The molecule has 0 spiro atoms. The quantitative estimate of drug-likeness (QED) is 0.471. The van der Waals surface area contributed by atoms with Gasteiger partial charge in [-0.3, -0.25) is 0 Å². The van der Waals surface area contributed by atoms with Crippen LogP contribution in [0.4, 0.5) is 0 Å². The summed E-state index contributed by atoms with van der Waals surface area (Å²) in [6.07, 6.45) is 1.86. The number of hydrogen-bond acceptors (Lipinski definition) is 1. The number of halogens is 1. The van der Waals surface area contributed by atoms with Crippen molar-refractivity contribution >= 4 is 34.0 Å². The van der Waals surface area contributed by atoms with Crippen molar-refractivity contribution in [2.75, 3.05) is 0 Å². The number of benzene rings is 3. The lowest BCUT2D eigenvalue weighted by Crippen LogP contribution is -1.97. The van der Waals surface area contributed by atoms with Crippen LogP contribution < -0.4 is 0 Å². The highest BCUT2D eigenvalue weighted by Crippen LogP contribution is 2.26. The molecule has 3 rings (SSSR count). The van der Waals surface area contributed by atoms with Gasteiger partial charge in [-0.1, -0.05) is 65.7 Å². The highest BCUT2D eigenvalue weighted by Gasteiger charge is 2.12. The van der Waals surface area contributed by atoms with Crippen molar-refractivity contribution in [3.8, 4) is 0 Å². The van der Waals surface area contributed by atoms with E-state index in [1.54, 1.807) is 0 Å². The van der Waals surface area contributed by atoms with E-state index in [0.717, 1.165) is 32.1 Å². The Morgan fingerprint density at radius 3 is 2.35 bits per heavy atom. The van der Waals surface area contributed by atoms with Gasteiger partial charge in [0.05, 0.1) is 15.7 Å². The van der Waals surface area contributed by atoms with Gasteiger partial charge in [0.1, 0.15) is 0 Å². The third-order valence-electron chi connectivity index (χ3n) is 4.08. The summed E-state index contributed by atoms with van der Waals surface area (Å²) in [6.45, 7) is 3.99. The molecule has 0 aromatic heterocycles. The van der Waals surface area contributed by atoms with Gasteiger partial charge in [-0.05, 0) is 49.8 Å². The molecule has 0 amide bonds. The first kappa shape index (κ1) is 18.4. The van der Waals surface area contributed by atoms with E-state index in [0.29, 0.717) is 5.02 Å². The Kier molecular flexibility index (Phi) is 5.90. The summed E-state index contributed by atoms with van der Waals surface area (Å²) >= 11 is 6.20. The predicted molar refractivity (Wildman–Crippen MR) is 111 cm³/mol. The summed E-state index contributed by atoms with van der Waals surface area (Å²) in [6, 6.07) is 23.2. The molecule has 0 N–H and O–H groups in total. The van der Waals surface area contributed by atoms with Crippen molar-refractivity contribution in [2.24, 2.45) is 0 Å². The maximum atomic E-state index is 13.0. The van der Waals surface area contributed by atoms with Gasteiger partial charge in [-0.25, -0.2) is 4.21 Å². The minimum atomic E-state index is -1.24. The van der Waals surface area contributed by atoms with Crippen LogP contribution in [0.1, 0.15) is 23.6 Å². The minimum Gasteiger partial charge on any atom is -0.249 e. The first-order valence-electron chi connectivity index (χ1n) is 8.32. The Bertz CT molecular complexity index is 1010. The molecule has 0 aliphatic carbocycles. The molecule has 0 heterocycles. The van der Waals surface area contributed by atoms with Crippen molar-refractivity contribution in [3.05, 3.63) is 100 Å². The molecule has 3 aromatic carbocycles. The summed E-state index contributed by atoms with van der Waals surface area (Å²) < 4.78 is 13.0. The lowest BCUT2D eigenvalue weighted by atomic mass is 10.1. The van der Waals surface area contributed by atoms with Crippen LogP contribution in [0.15, 0.2) is 88.3 Å². The van der Waals surface area contributed by atoms with Gasteiger partial charge in [0.25, 0.3) is 0 Å². The van der Waals surface area contributed by atoms with E-state index in [4.69, 9.17) is 11.6 Å². The zero-order chi connectivity index (χ0) is 18.5. The SMILES string of the molecule is CC(=C=Cc1ccccc1Cl)c1ccccc1S(=O)c1ccc(C)cc1. The summed E-state index contributed by atoms with van der Waals surface area (Å²) in [5.74, 6) is 0. The molecule has 1 atom stereocenters. The van der Waals surface area contributed by atoms with Gasteiger partial charge in [0.15, 0.2) is 0 Å². The number of aryl methyl sites for hydroxylation is 1. The molecule has 26 heavy (non-hydrogen) atoms. The van der Waals surface area contributed by atoms with E-state index in [1.807, 2.05) is 92.7 Å². The fraction of sp³-hybridized carbons (Fsp3) is 0.0870. The fourth-order valence-corrected chi connectivity index (χ4v) is 4.03. The molecule has 0 radical (unpaired) electrons. The molecule has 0 fully saturated rings. The van der Waals surface area contributed by atoms with E-state index < -0.39 is 10.8 Å². The Hall–Kier alpha value is -2.38. The normalized spacial score (nSPS) is 11.5. The van der Waals surface area contributed by atoms with Gasteiger partial charge in [-0.15, -0.1) is 5.73 Å². The van der Waals surface area contributed by atoms with Crippen LogP contribution in [-0.4, -0.2) is 4.21 Å². The molecule has 0 saturated heterocycles. The Morgan fingerprint density at radius 2 is 1.62 bits per heavy atom. The van der Waals surface area contributed by atoms with Crippen LogP contribution in [0.3, 0.4) is 0 Å². The molecule has 0 bridgehead atoms. The second-order valence-corrected chi connectivity index (χ2v) is 7.87. The van der Waals surface area contributed by atoms with Crippen molar-refractivity contribution in [3.63, 3.8) is 0 Å². The fourth-order valence-electron chi connectivity index (χ4n) is 2.58. The Balaban J connectivity index is 2.01. The smallest absolute Gasteiger partial charge is 0.0856 e. The first-order valence-corrected chi connectivity index (χ1v) is 9.85. The number of rotatable bonds is 4. The van der Waals surface area contributed by atoms with Gasteiger partial charge in [0.2, 0.25) is 0 Å². The van der Waals surface area contributed by atoms with E-state index in [1.165, 1.54) is 0 Å². The van der Waals surface area contributed by atoms with Crippen molar-refractivity contribution in [1.82, 2.24) is 0 Å². The topological polar surface area (TPSA) is 17.1 Å². The van der Waals surface area contributed by atoms with Gasteiger partial charge in [0, 0.05) is 21.0 Å². The second-order valence-electron chi connectivity index (χ2n) is 6.01. The third-order valence-corrected chi connectivity index (χ3v) is 5.88. The van der Waals surface area contributed by atoms with Crippen LogP contribution in [0.2, 0.25) is 5.02 Å². The van der Waals surface area contributed by atoms with Crippen molar-refractivity contribution in [2.45, 2.75) is 23.6 Å². The van der Waals surface area contributed by atoms with Crippen molar-refractivity contribution in [1.29, 1.82) is 0 Å². The highest BCUT2D eigenvalue weighted by molar-refractivity contribution is 7.85. The molecule has 3 aromatic rings. The first-order chi connectivity index (χ1) is 12.6. The van der Waals surface area contributed by atoms with Crippen molar-refractivity contribution < 1.29 is 4.21 Å². The Morgan fingerprint density at radius 1 is 0.962 bits per heavy atom. The average molecular weight is 379 g/mol. The summed E-state index contributed by atoms with van der Waals surface area (Å²) in [5, 5.41) is 0.685. The lowest BCUT2D eigenvalue weighted by Gasteiger charge is -2.09. The standard InChI is InChI=1S/C23H19ClOS/c1-17-11-15-20(16-12-17)26(25)23-10-6-4-8-21(23)18(2)13-14-19-7-3-5-9-22(19)24/h3-12,14-16H,1-2H3. The zero-order valence-corrected chi connectivity index (χ0v) is 16.3. The Labute approximate surface area is 162 Å².